The first-order valence-corrected chi connectivity index (χ1v) is 7.27. The predicted molar refractivity (Wildman–Crippen MR) is 87.1 cm³/mol. The monoisotopic (exact) mass is 328 g/mol. The largest absolute Gasteiger partial charge is 0.426 e. The number of hydrogen-bond donors (Lipinski definition) is 0. The SMILES string of the molecule is CC(=O)Oc1ccccc1Cn1c(=O)c2c(ncn2C)n(C)c1=O. The Kier molecular flexibility index (Phi) is 3.80. The van der Waals surface area contributed by atoms with Crippen molar-refractivity contribution in [2.24, 2.45) is 14.1 Å². The van der Waals surface area contributed by atoms with Crippen molar-refractivity contribution in [3.05, 3.63) is 57.0 Å². The second-order valence-electron chi connectivity index (χ2n) is 5.46. The van der Waals surface area contributed by atoms with Gasteiger partial charge in [-0.2, -0.15) is 0 Å². The van der Waals surface area contributed by atoms with Gasteiger partial charge in [0.15, 0.2) is 11.2 Å². The van der Waals surface area contributed by atoms with Crippen molar-refractivity contribution in [2.45, 2.75) is 13.5 Å². The van der Waals surface area contributed by atoms with Crippen molar-refractivity contribution >= 4 is 17.1 Å². The molecule has 0 saturated heterocycles. The highest BCUT2D eigenvalue weighted by Gasteiger charge is 2.16. The summed E-state index contributed by atoms with van der Waals surface area (Å²) in [7, 11) is 3.25. The summed E-state index contributed by atoms with van der Waals surface area (Å²) in [6, 6.07) is 6.79. The Bertz CT molecular complexity index is 1060. The van der Waals surface area contributed by atoms with Crippen molar-refractivity contribution < 1.29 is 9.53 Å². The molecule has 0 fully saturated rings. The standard InChI is InChI=1S/C16H16N4O4/c1-10(21)24-12-7-5-4-6-11(12)8-20-15(22)13-14(17-9-18(13)2)19(3)16(20)23/h4-7,9H,8H2,1-3H3. The van der Waals surface area contributed by atoms with Crippen LogP contribution >= 0.6 is 0 Å². The molecule has 2 heterocycles. The minimum absolute atomic E-state index is 0.00389. The Hall–Kier alpha value is -3.16. The van der Waals surface area contributed by atoms with Crippen LogP contribution < -0.4 is 16.0 Å². The first-order chi connectivity index (χ1) is 11.4. The van der Waals surface area contributed by atoms with Crippen molar-refractivity contribution in [3.63, 3.8) is 0 Å². The van der Waals surface area contributed by atoms with E-state index >= 15 is 0 Å². The van der Waals surface area contributed by atoms with Crippen molar-refractivity contribution in [2.75, 3.05) is 0 Å². The van der Waals surface area contributed by atoms with Crippen LogP contribution in [-0.2, 0) is 25.4 Å². The zero-order valence-corrected chi connectivity index (χ0v) is 13.5. The number of hydrogen-bond acceptors (Lipinski definition) is 5. The van der Waals surface area contributed by atoms with E-state index < -0.39 is 17.2 Å². The Morgan fingerprint density at radius 1 is 1.21 bits per heavy atom. The van der Waals surface area contributed by atoms with Crippen LogP contribution in [0.3, 0.4) is 0 Å². The summed E-state index contributed by atoms with van der Waals surface area (Å²) in [5, 5.41) is 0. The number of nitrogens with zero attached hydrogens (tertiary/aromatic N) is 4. The fraction of sp³-hybridized carbons (Fsp3) is 0.250. The average molecular weight is 328 g/mol. The molecule has 0 amide bonds. The third-order valence-corrected chi connectivity index (χ3v) is 3.76. The summed E-state index contributed by atoms with van der Waals surface area (Å²) in [6.45, 7) is 1.29. The molecule has 3 aromatic rings. The number of esters is 1. The van der Waals surface area contributed by atoms with Crippen molar-refractivity contribution in [1.29, 1.82) is 0 Å². The van der Waals surface area contributed by atoms with Crippen LogP contribution in [0.15, 0.2) is 40.2 Å². The summed E-state index contributed by atoms with van der Waals surface area (Å²) >= 11 is 0. The third-order valence-electron chi connectivity index (χ3n) is 3.76. The Balaban J connectivity index is 2.19. The highest BCUT2D eigenvalue weighted by molar-refractivity contribution is 5.70. The van der Waals surface area contributed by atoms with Gasteiger partial charge in [0.25, 0.3) is 5.56 Å². The highest BCUT2D eigenvalue weighted by atomic mass is 16.5. The summed E-state index contributed by atoms with van der Waals surface area (Å²) in [6.07, 6.45) is 1.49. The third kappa shape index (κ3) is 2.51. The molecule has 8 heteroatoms. The highest BCUT2D eigenvalue weighted by Crippen LogP contribution is 2.18. The van der Waals surface area contributed by atoms with Crippen LogP contribution in [0.4, 0.5) is 0 Å². The van der Waals surface area contributed by atoms with Crippen LogP contribution in [0.2, 0.25) is 0 Å². The molecular weight excluding hydrogens is 312 g/mol. The topological polar surface area (TPSA) is 88.1 Å². The average Bonchev–Trinajstić information content (AvgIpc) is 2.92. The number of carbonyl (C=O) groups excluding carboxylic acids is 1. The molecule has 0 radical (unpaired) electrons. The number of aryl methyl sites for hydroxylation is 2. The predicted octanol–water partition coefficient (Wildman–Crippen LogP) is 0.407. The lowest BCUT2D eigenvalue weighted by molar-refractivity contribution is -0.131. The minimum Gasteiger partial charge on any atom is -0.426 e. The molecule has 0 spiro atoms. The molecule has 0 aliphatic heterocycles. The van der Waals surface area contributed by atoms with Crippen LogP contribution in [-0.4, -0.2) is 24.7 Å². The Morgan fingerprint density at radius 3 is 2.62 bits per heavy atom. The number of carbonyl (C=O) groups is 1. The van der Waals surface area contributed by atoms with Gasteiger partial charge in [0.05, 0.1) is 12.9 Å². The molecule has 0 saturated carbocycles. The van der Waals surface area contributed by atoms with Crippen LogP contribution in [0.25, 0.3) is 11.2 Å². The van der Waals surface area contributed by atoms with Gasteiger partial charge in [-0.1, -0.05) is 18.2 Å². The normalized spacial score (nSPS) is 11.0. The maximum absolute atomic E-state index is 12.7. The summed E-state index contributed by atoms with van der Waals surface area (Å²) < 4.78 is 9.15. The van der Waals surface area contributed by atoms with Crippen LogP contribution in [0, 0.1) is 0 Å². The van der Waals surface area contributed by atoms with E-state index in [0.29, 0.717) is 22.5 Å². The van der Waals surface area contributed by atoms with Gasteiger partial charge in [0.2, 0.25) is 0 Å². The Labute approximate surface area is 136 Å². The van der Waals surface area contributed by atoms with E-state index in [4.69, 9.17) is 4.74 Å². The number of imidazole rings is 1. The van der Waals surface area contributed by atoms with Gasteiger partial charge in [0, 0.05) is 26.6 Å². The molecule has 1 aromatic carbocycles. The van der Waals surface area contributed by atoms with Gasteiger partial charge in [-0.15, -0.1) is 0 Å². The van der Waals surface area contributed by atoms with Gasteiger partial charge in [-0.25, -0.2) is 9.78 Å². The van der Waals surface area contributed by atoms with Gasteiger partial charge in [-0.05, 0) is 6.07 Å². The van der Waals surface area contributed by atoms with E-state index in [0.717, 1.165) is 4.57 Å². The van der Waals surface area contributed by atoms with Gasteiger partial charge >= 0.3 is 11.7 Å². The molecule has 0 bridgehead atoms. The van der Waals surface area contributed by atoms with E-state index in [9.17, 15) is 14.4 Å². The lowest BCUT2D eigenvalue weighted by Crippen LogP contribution is -2.39. The molecule has 8 nitrogen and oxygen atoms in total. The maximum Gasteiger partial charge on any atom is 0.332 e. The van der Waals surface area contributed by atoms with Crippen LogP contribution in [0.1, 0.15) is 12.5 Å². The quantitative estimate of drug-likeness (QED) is 0.513. The zero-order chi connectivity index (χ0) is 17.4. The second-order valence-corrected chi connectivity index (χ2v) is 5.46. The van der Waals surface area contributed by atoms with E-state index in [1.54, 1.807) is 42.9 Å². The number of aromatic nitrogens is 4. The molecule has 0 N–H and O–H groups in total. The molecule has 124 valence electrons. The fourth-order valence-corrected chi connectivity index (χ4v) is 2.59. The maximum atomic E-state index is 12.7. The number of rotatable bonds is 3. The lowest BCUT2D eigenvalue weighted by atomic mass is 10.2. The molecule has 0 atom stereocenters. The number of para-hydroxylation sites is 1. The smallest absolute Gasteiger partial charge is 0.332 e. The second kappa shape index (κ2) is 5.80. The molecular formula is C16H16N4O4. The zero-order valence-electron chi connectivity index (χ0n) is 13.5. The van der Waals surface area contributed by atoms with Gasteiger partial charge in [0.1, 0.15) is 5.75 Å². The molecule has 2 aromatic heterocycles. The minimum atomic E-state index is -0.483. The lowest BCUT2D eigenvalue weighted by Gasteiger charge is -2.11. The molecule has 3 rings (SSSR count). The van der Waals surface area contributed by atoms with E-state index in [1.165, 1.54) is 17.8 Å². The van der Waals surface area contributed by atoms with Gasteiger partial charge in [-0.3, -0.25) is 18.7 Å². The van der Waals surface area contributed by atoms with E-state index in [2.05, 4.69) is 4.98 Å². The molecule has 0 aliphatic carbocycles. The van der Waals surface area contributed by atoms with E-state index in [1.807, 2.05) is 0 Å². The first-order valence-electron chi connectivity index (χ1n) is 7.27. The number of benzene rings is 1. The van der Waals surface area contributed by atoms with E-state index in [-0.39, 0.29) is 6.54 Å². The summed E-state index contributed by atoms with van der Waals surface area (Å²) in [4.78, 5) is 40.5. The molecule has 0 unspecified atom stereocenters. The Morgan fingerprint density at radius 2 is 1.92 bits per heavy atom. The van der Waals surface area contributed by atoms with Gasteiger partial charge < -0.3 is 9.30 Å². The van der Waals surface area contributed by atoms with Crippen molar-refractivity contribution in [1.82, 2.24) is 18.7 Å². The summed E-state index contributed by atoms with van der Waals surface area (Å²) in [5.74, 6) is -0.145. The fourth-order valence-electron chi connectivity index (χ4n) is 2.59. The number of fused-ring (bicyclic) bond motifs is 1. The molecule has 0 aliphatic rings. The summed E-state index contributed by atoms with van der Waals surface area (Å²) in [5.41, 5.74) is 0.307. The first kappa shape index (κ1) is 15.7. The molecule has 24 heavy (non-hydrogen) atoms. The van der Waals surface area contributed by atoms with Crippen molar-refractivity contribution in [3.8, 4) is 5.75 Å². The van der Waals surface area contributed by atoms with Crippen LogP contribution in [0.5, 0.6) is 5.75 Å². The number of ether oxygens (including phenoxy) is 1.